The number of hydrogen-bond donors (Lipinski definition) is 2. The van der Waals surface area contributed by atoms with Crippen LogP contribution in [0.2, 0.25) is 0 Å². The van der Waals surface area contributed by atoms with Crippen LogP contribution in [0.25, 0.3) is 0 Å². The summed E-state index contributed by atoms with van der Waals surface area (Å²) in [7, 11) is -2.28. The van der Waals surface area contributed by atoms with E-state index in [1.165, 1.54) is 20.9 Å². The van der Waals surface area contributed by atoms with E-state index in [9.17, 15) is 13.2 Å². The molecule has 0 heterocycles. The molecule has 0 aromatic rings. The Bertz CT molecular complexity index is 315. The van der Waals surface area contributed by atoms with Crippen LogP contribution in [-0.4, -0.2) is 26.5 Å². The normalized spacial score (nSPS) is 15.5. The van der Waals surface area contributed by atoms with Crippen LogP contribution in [0.3, 0.4) is 0 Å². The Morgan fingerprint density at radius 1 is 1.54 bits per heavy atom. The summed E-state index contributed by atoms with van der Waals surface area (Å²) in [5.41, 5.74) is 5.54. The molecule has 0 aromatic heterocycles. The first-order valence-corrected chi connectivity index (χ1v) is 5.26. The molecule has 0 spiro atoms. The minimum absolute atomic E-state index is 0.295. The van der Waals surface area contributed by atoms with Crippen LogP contribution in [-0.2, 0) is 14.8 Å². The number of carbonyl (C=O) groups excluding carboxylic acids is 1. The lowest BCUT2D eigenvalue weighted by atomic mass is 10.2. The molecule has 0 aliphatic carbocycles. The summed E-state index contributed by atoms with van der Waals surface area (Å²) in [4.78, 5) is 11.2. The Kier molecular flexibility index (Phi) is 4.09. The summed E-state index contributed by atoms with van der Waals surface area (Å²) >= 11 is 0. The van der Waals surface area contributed by atoms with Crippen LogP contribution < -0.4 is 10.5 Å². The molecule has 0 radical (unpaired) electrons. The van der Waals surface area contributed by atoms with Gasteiger partial charge in [-0.05, 0) is 20.9 Å². The van der Waals surface area contributed by atoms with Gasteiger partial charge in [-0.25, -0.2) is 13.1 Å². The molecule has 0 bridgehead atoms. The second kappa shape index (κ2) is 4.38. The van der Waals surface area contributed by atoms with E-state index in [1.54, 1.807) is 0 Å². The number of carbonyl (C=O) groups is 1. The minimum Gasteiger partial charge on any atom is -0.402 e. The van der Waals surface area contributed by atoms with Crippen molar-refractivity contribution in [2.24, 2.45) is 5.73 Å². The van der Waals surface area contributed by atoms with Gasteiger partial charge in [0.05, 0.1) is 0 Å². The number of ketones is 1. The summed E-state index contributed by atoms with van der Waals surface area (Å²) in [5, 5.41) is -1.10. The molecule has 76 valence electrons. The van der Waals surface area contributed by atoms with Gasteiger partial charge in [0.15, 0.2) is 5.78 Å². The lowest BCUT2D eigenvalue weighted by molar-refractivity contribution is -0.114. The zero-order valence-electron chi connectivity index (χ0n) is 7.87. The number of sulfonamides is 1. The lowest BCUT2D eigenvalue weighted by Crippen LogP contribution is -2.34. The van der Waals surface area contributed by atoms with Gasteiger partial charge >= 0.3 is 0 Å². The molecule has 0 aliphatic heterocycles. The number of rotatable bonds is 4. The van der Waals surface area contributed by atoms with Crippen molar-refractivity contribution in [2.45, 2.75) is 19.1 Å². The highest BCUT2D eigenvalue weighted by atomic mass is 32.2. The van der Waals surface area contributed by atoms with Crippen molar-refractivity contribution in [3.63, 3.8) is 0 Å². The van der Waals surface area contributed by atoms with Crippen molar-refractivity contribution in [3.8, 4) is 0 Å². The average molecular weight is 206 g/mol. The van der Waals surface area contributed by atoms with E-state index < -0.39 is 21.1 Å². The van der Waals surface area contributed by atoms with E-state index in [-0.39, 0.29) is 0 Å². The van der Waals surface area contributed by atoms with Crippen molar-refractivity contribution in [1.82, 2.24) is 4.72 Å². The molecule has 0 saturated carbocycles. The maximum Gasteiger partial charge on any atom is 0.221 e. The summed E-state index contributed by atoms with van der Waals surface area (Å²) in [5.74, 6) is -0.519. The molecule has 0 amide bonds. The third-order valence-electron chi connectivity index (χ3n) is 1.52. The number of allylic oxidation sites excluding steroid dienone is 2. The average Bonchev–Trinajstić information content (AvgIpc) is 2.01. The molecule has 0 aliphatic rings. The van der Waals surface area contributed by atoms with Crippen LogP contribution >= 0.6 is 0 Å². The van der Waals surface area contributed by atoms with Gasteiger partial charge in [0.1, 0.15) is 5.25 Å². The van der Waals surface area contributed by atoms with Crippen molar-refractivity contribution >= 4 is 15.8 Å². The van der Waals surface area contributed by atoms with Gasteiger partial charge in [0.25, 0.3) is 0 Å². The van der Waals surface area contributed by atoms with Crippen molar-refractivity contribution in [1.29, 1.82) is 0 Å². The predicted octanol–water partition coefficient (Wildman–Crippen LogP) is -0.644. The highest BCUT2D eigenvalue weighted by Crippen LogP contribution is 2.00. The molecule has 0 rings (SSSR count). The van der Waals surface area contributed by atoms with Crippen LogP contribution in [0.1, 0.15) is 13.8 Å². The first kappa shape index (κ1) is 12.1. The molecule has 13 heavy (non-hydrogen) atoms. The maximum atomic E-state index is 11.2. The predicted molar refractivity (Wildman–Crippen MR) is 50.4 cm³/mol. The summed E-state index contributed by atoms with van der Waals surface area (Å²) in [6, 6.07) is 0. The van der Waals surface area contributed by atoms with Gasteiger partial charge in [-0.3, -0.25) is 4.79 Å². The van der Waals surface area contributed by atoms with E-state index in [1.807, 2.05) is 0 Å². The fourth-order valence-corrected chi connectivity index (χ4v) is 1.40. The number of nitrogens with one attached hydrogen (secondary N) is 1. The molecule has 1 unspecified atom stereocenters. The Morgan fingerprint density at radius 2 is 2.00 bits per heavy atom. The van der Waals surface area contributed by atoms with Gasteiger partial charge in [0, 0.05) is 11.8 Å². The van der Waals surface area contributed by atoms with Crippen molar-refractivity contribution in [3.05, 3.63) is 11.8 Å². The maximum absolute atomic E-state index is 11.2. The molecule has 0 saturated heterocycles. The highest BCUT2D eigenvalue weighted by Gasteiger charge is 2.24. The van der Waals surface area contributed by atoms with E-state index in [0.717, 1.165) is 6.08 Å². The minimum atomic E-state index is -3.54. The number of hydrogen-bond acceptors (Lipinski definition) is 4. The second-order valence-corrected chi connectivity index (χ2v) is 4.89. The van der Waals surface area contributed by atoms with Gasteiger partial charge in [-0.1, -0.05) is 0 Å². The Labute approximate surface area is 78.1 Å². The zero-order valence-corrected chi connectivity index (χ0v) is 8.68. The SMILES string of the molecule is CNS(=O)(=O)C(C)C(=O)/C=C(/C)N. The molecule has 0 aromatic carbocycles. The zero-order chi connectivity index (χ0) is 10.6. The molecular formula is C7H14N2O3S. The molecule has 3 N–H and O–H groups in total. The second-order valence-electron chi connectivity index (χ2n) is 2.68. The topological polar surface area (TPSA) is 89.3 Å². The molecule has 5 nitrogen and oxygen atoms in total. The number of nitrogens with two attached hydrogens (primary N) is 1. The van der Waals surface area contributed by atoms with E-state index in [2.05, 4.69) is 4.72 Å². The first-order valence-electron chi connectivity index (χ1n) is 3.71. The Hall–Kier alpha value is -0.880. The smallest absolute Gasteiger partial charge is 0.221 e. The molecule has 1 atom stereocenters. The molecule has 0 fully saturated rings. The first-order chi connectivity index (χ1) is 5.81. The van der Waals surface area contributed by atoms with E-state index >= 15 is 0 Å². The van der Waals surface area contributed by atoms with Crippen LogP contribution in [0, 0.1) is 0 Å². The molecular weight excluding hydrogens is 192 g/mol. The monoisotopic (exact) mass is 206 g/mol. The fourth-order valence-electron chi connectivity index (χ4n) is 0.671. The van der Waals surface area contributed by atoms with Gasteiger partial charge in [-0.15, -0.1) is 0 Å². The van der Waals surface area contributed by atoms with Crippen molar-refractivity contribution in [2.75, 3.05) is 7.05 Å². The molecule has 6 heteroatoms. The van der Waals surface area contributed by atoms with Crippen LogP contribution in [0.5, 0.6) is 0 Å². The third-order valence-corrected chi connectivity index (χ3v) is 3.25. The Balaban J connectivity index is 4.74. The summed E-state index contributed by atoms with van der Waals surface area (Å²) in [6.07, 6.45) is 1.11. The quantitative estimate of drug-likeness (QED) is 0.598. The van der Waals surface area contributed by atoms with E-state index in [4.69, 9.17) is 5.73 Å². The van der Waals surface area contributed by atoms with E-state index in [0.29, 0.717) is 5.70 Å². The standard InChI is InChI=1S/C7H14N2O3S/c1-5(8)4-7(10)6(2)13(11,12)9-3/h4,6,9H,8H2,1-3H3/b5-4-. The van der Waals surface area contributed by atoms with Gasteiger partial charge in [-0.2, -0.15) is 0 Å². The largest absolute Gasteiger partial charge is 0.402 e. The van der Waals surface area contributed by atoms with Crippen LogP contribution in [0.4, 0.5) is 0 Å². The summed E-state index contributed by atoms with van der Waals surface area (Å²) in [6.45, 7) is 2.84. The third kappa shape index (κ3) is 3.56. The van der Waals surface area contributed by atoms with Gasteiger partial charge in [0.2, 0.25) is 10.0 Å². The summed E-state index contributed by atoms with van der Waals surface area (Å²) < 4.78 is 24.3. The Morgan fingerprint density at radius 3 is 2.31 bits per heavy atom. The van der Waals surface area contributed by atoms with Crippen molar-refractivity contribution < 1.29 is 13.2 Å². The highest BCUT2D eigenvalue weighted by molar-refractivity contribution is 7.90. The fraction of sp³-hybridized carbons (Fsp3) is 0.571. The van der Waals surface area contributed by atoms with Gasteiger partial charge < -0.3 is 5.73 Å². The van der Waals surface area contributed by atoms with Crippen LogP contribution in [0.15, 0.2) is 11.8 Å². The lowest BCUT2D eigenvalue weighted by Gasteiger charge is -2.07.